The minimum Gasteiger partial charge on any atom is -0.480 e. The number of benzene rings is 1. The highest BCUT2D eigenvalue weighted by Gasteiger charge is 2.29. The van der Waals surface area contributed by atoms with Crippen LogP contribution < -0.4 is 0 Å². The lowest BCUT2D eigenvalue weighted by Gasteiger charge is -2.28. The maximum Gasteiger partial charge on any atom is 0.325 e. The van der Waals surface area contributed by atoms with E-state index in [0.717, 1.165) is 26.1 Å². The normalized spacial score (nSPS) is 18.0. The van der Waals surface area contributed by atoms with Crippen molar-refractivity contribution in [2.75, 3.05) is 26.2 Å². The number of rotatable bonds is 5. The van der Waals surface area contributed by atoms with E-state index in [1.54, 1.807) is 30.4 Å². The van der Waals surface area contributed by atoms with Gasteiger partial charge in [0.1, 0.15) is 11.9 Å². The Morgan fingerprint density at radius 1 is 1.28 bits per heavy atom. The highest BCUT2D eigenvalue weighted by atomic mass is 32.1. The summed E-state index contributed by atoms with van der Waals surface area (Å²) in [6.07, 6.45) is 0.906. The van der Waals surface area contributed by atoms with Crippen molar-refractivity contribution in [3.05, 3.63) is 57.5 Å². The van der Waals surface area contributed by atoms with Crippen molar-refractivity contribution in [2.45, 2.75) is 25.9 Å². The van der Waals surface area contributed by atoms with E-state index in [4.69, 9.17) is 0 Å². The minimum absolute atomic E-state index is 0.349. The Hall–Kier alpha value is -1.76. The first-order chi connectivity index (χ1) is 12.0. The summed E-state index contributed by atoms with van der Waals surface area (Å²) in [5, 5.41) is 11.8. The van der Waals surface area contributed by atoms with Crippen LogP contribution >= 0.6 is 11.3 Å². The molecule has 1 aromatic heterocycles. The molecule has 6 heteroatoms. The van der Waals surface area contributed by atoms with Gasteiger partial charge in [0.2, 0.25) is 0 Å². The van der Waals surface area contributed by atoms with Crippen LogP contribution in [0.2, 0.25) is 0 Å². The van der Waals surface area contributed by atoms with E-state index in [0.29, 0.717) is 24.2 Å². The monoisotopic (exact) mass is 362 g/mol. The number of hydrogen-bond donors (Lipinski definition) is 1. The van der Waals surface area contributed by atoms with Crippen molar-refractivity contribution in [3.8, 4) is 0 Å². The number of carbonyl (C=O) groups is 1. The Morgan fingerprint density at radius 3 is 2.80 bits per heavy atom. The van der Waals surface area contributed by atoms with Crippen LogP contribution in [0, 0.1) is 12.7 Å². The molecule has 1 aliphatic rings. The summed E-state index contributed by atoms with van der Waals surface area (Å²) < 4.78 is 13.9. The van der Waals surface area contributed by atoms with E-state index >= 15 is 0 Å². The third-order valence-electron chi connectivity index (χ3n) is 4.69. The van der Waals surface area contributed by atoms with E-state index in [1.807, 2.05) is 4.90 Å². The molecule has 1 atom stereocenters. The first kappa shape index (κ1) is 18.0. The molecule has 1 unspecified atom stereocenters. The first-order valence-corrected chi connectivity index (χ1v) is 9.40. The number of carboxylic acid groups (broad SMARTS) is 1. The van der Waals surface area contributed by atoms with Crippen LogP contribution in [-0.4, -0.2) is 47.1 Å². The average Bonchev–Trinajstić information content (AvgIpc) is 2.97. The number of halogens is 1. The van der Waals surface area contributed by atoms with Crippen molar-refractivity contribution in [1.82, 2.24) is 9.80 Å². The largest absolute Gasteiger partial charge is 0.480 e. The second kappa shape index (κ2) is 8.08. The number of aryl methyl sites for hydroxylation is 1. The number of thiophene rings is 1. The first-order valence-electron chi connectivity index (χ1n) is 8.52. The van der Waals surface area contributed by atoms with Gasteiger partial charge in [-0.25, -0.2) is 4.39 Å². The summed E-state index contributed by atoms with van der Waals surface area (Å²) >= 11 is 1.74. The van der Waals surface area contributed by atoms with Crippen molar-refractivity contribution in [2.24, 2.45) is 0 Å². The zero-order valence-electron chi connectivity index (χ0n) is 14.3. The van der Waals surface area contributed by atoms with Crippen LogP contribution in [0.4, 0.5) is 4.39 Å². The second-order valence-corrected chi connectivity index (χ2v) is 7.53. The Bertz CT molecular complexity index is 720. The molecule has 0 spiro atoms. The van der Waals surface area contributed by atoms with Gasteiger partial charge in [0.15, 0.2) is 0 Å². The second-order valence-electron chi connectivity index (χ2n) is 6.49. The Balaban J connectivity index is 1.71. The van der Waals surface area contributed by atoms with Gasteiger partial charge in [-0.3, -0.25) is 14.6 Å². The van der Waals surface area contributed by atoms with Crippen LogP contribution in [0.15, 0.2) is 35.7 Å². The smallest absolute Gasteiger partial charge is 0.325 e. The lowest BCUT2D eigenvalue weighted by atomic mass is 10.0. The van der Waals surface area contributed by atoms with E-state index in [-0.39, 0.29) is 5.82 Å². The molecule has 3 rings (SSSR count). The number of carboxylic acids is 1. The summed E-state index contributed by atoms with van der Waals surface area (Å²) in [5.74, 6) is -1.27. The van der Waals surface area contributed by atoms with Crippen LogP contribution in [0.1, 0.15) is 28.5 Å². The fourth-order valence-corrected chi connectivity index (χ4v) is 4.07. The molecule has 0 saturated carbocycles. The van der Waals surface area contributed by atoms with Crippen molar-refractivity contribution in [3.63, 3.8) is 0 Å². The molecule has 0 bridgehead atoms. The number of hydrogen-bond acceptors (Lipinski definition) is 4. The maximum atomic E-state index is 13.9. The average molecular weight is 362 g/mol. The van der Waals surface area contributed by atoms with E-state index in [1.165, 1.54) is 10.9 Å². The summed E-state index contributed by atoms with van der Waals surface area (Å²) in [7, 11) is 0. The molecule has 0 aliphatic carbocycles. The van der Waals surface area contributed by atoms with Crippen LogP contribution in [0.25, 0.3) is 0 Å². The Kier molecular flexibility index (Phi) is 5.83. The molecule has 1 fully saturated rings. The van der Waals surface area contributed by atoms with Gasteiger partial charge in [-0.15, -0.1) is 11.3 Å². The maximum absolute atomic E-state index is 13.9. The van der Waals surface area contributed by atoms with Gasteiger partial charge in [-0.05, 0) is 48.5 Å². The van der Waals surface area contributed by atoms with Gasteiger partial charge in [-0.1, -0.05) is 18.2 Å². The minimum atomic E-state index is -0.921. The molecule has 134 valence electrons. The zero-order chi connectivity index (χ0) is 17.8. The number of aliphatic carboxylic acids is 1. The molecular formula is C19H23FN2O2S. The van der Waals surface area contributed by atoms with E-state index in [9.17, 15) is 14.3 Å². The molecule has 1 N–H and O–H groups in total. The third kappa shape index (κ3) is 4.45. The highest BCUT2D eigenvalue weighted by molar-refractivity contribution is 7.09. The van der Waals surface area contributed by atoms with E-state index in [2.05, 4.69) is 22.4 Å². The zero-order valence-corrected chi connectivity index (χ0v) is 15.1. The van der Waals surface area contributed by atoms with Crippen molar-refractivity contribution >= 4 is 17.3 Å². The fourth-order valence-electron chi connectivity index (χ4n) is 3.32. The molecule has 1 aromatic carbocycles. The Labute approximate surface area is 151 Å². The van der Waals surface area contributed by atoms with Crippen LogP contribution in [-0.2, 0) is 11.3 Å². The highest BCUT2D eigenvalue weighted by Crippen LogP contribution is 2.25. The molecule has 4 nitrogen and oxygen atoms in total. The quantitative estimate of drug-likeness (QED) is 0.884. The molecule has 0 radical (unpaired) electrons. The predicted molar refractivity (Wildman–Crippen MR) is 97.3 cm³/mol. The SMILES string of the molecule is Cc1ccc(C(C(=O)O)N2CCCN(Cc3cccs3)CC2)cc1F. The van der Waals surface area contributed by atoms with Crippen LogP contribution in [0.5, 0.6) is 0 Å². The molecule has 25 heavy (non-hydrogen) atoms. The standard InChI is InChI=1S/C19H23FN2O2S/c1-14-5-6-15(12-17(14)20)18(19(23)24)22-8-3-7-21(9-10-22)13-16-4-2-11-25-16/h2,4-6,11-12,18H,3,7-10,13H2,1H3,(H,23,24). The molecule has 0 amide bonds. The topological polar surface area (TPSA) is 43.8 Å². The van der Waals surface area contributed by atoms with Gasteiger partial charge < -0.3 is 5.11 Å². The van der Waals surface area contributed by atoms with Gasteiger partial charge in [0.05, 0.1) is 0 Å². The molecule has 1 aliphatic heterocycles. The summed E-state index contributed by atoms with van der Waals surface area (Å²) in [4.78, 5) is 17.5. The van der Waals surface area contributed by atoms with E-state index < -0.39 is 12.0 Å². The molecule has 1 saturated heterocycles. The Morgan fingerprint density at radius 2 is 2.12 bits per heavy atom. The van der Waals surface area contributed by atoms with Gasteiger partial charge in [0.25, 0.3) is 0 Å². The summed E-state index contributed by atoms with van der Waals surface area (Å²) in [6.45, 7) is 5.72. The molecule has 2 heterocycles. The number of nitrogens with zero attached hydrogens (tertiary/aromatic N) is 2. The van der Waals surface area contributed by atoms with Gasteiger partial charge >= 0.3 is 5.97 Å². The lowest BCUT2D eigenvalue weighted by Crippen LogP contribution is -2.37. The summed E-state index contributed by atoms with van der Waals surface area (Å²) in [6, 6.07) is 8.13. The van der Waals surface area contributed by atoms with Crippen molar-refractivity contribution < 1.29 is 14.3 Å². The fraction of sp³-hybridized carbons (Fsp3) is 0.421. The summed E-state index contributed by atoms with van der Waals surface area (Å²) in [5.41, 5.74) is 1.05. The van der Waals surface area contributed by atoms with Gasteiger partial charge in [-0.2, -0.15) is 0 Å². The molecule has 2 aromatic rings. The van der Waals surface area contributed by atoms with Crippen molar-refractivity contribution in [1.29, 1.82) is 0 Å². The lowest BCUT2D eigenvalue weighted by molar-refractivity contribution is -0.143. The van der Waals surface area contributed by atoms with Gasteiger partial charge in [0, 0.05) is 31.1 Å². The van der Waals surface area contributed by atoms with Crippen LogP contribution in [0.3, 0.4) is 0 Å². The molecular weight excluding hydrogens is 339 g/mol. The predicted octanol–water partition coefficient (Wildman–Crippen LogP) is 3.53. The third-order valence-corrected chi connectivity index (χ3v) is 5.55.